The van der Waals surface area contributed by atoms with Crippen molar-refractivity contribution < 1.29 is 17.9 Å². The lowest BCUT2D eigenvalue weighted by atomic mass is 10.3. The van der Waals surface area contributed by atoms with Crippen molar-refractivity contribution in [3.8, 4) is 6.01 Å². The first kappa shape index (κ1) is 16.6. The van der Waals surface area contributed by atoms with E-state index >= 15 is 0 Å². The fourth-order valence-corrected chi connectivity index (χ4v) is 4.47. The first-order valence-electron chi connectivity index (χ1n) is 7.77. The maximum atomic E-state index is 12.6. The van der Waals surface area contributed by atoms with E-state index in [-0.39, 0.29) is 6.10 Å². The van der Waals surface area contributed by atoms with Gasteiger partial charge in [0.15, 0.2) is 0 Å². The number of aromatic nitrogens is 2. The summed E-state index contributed by atoms with van der Waals surface area (Å²) >= 11 is 0. The summed E-state index contributed by atoms with van der Waals surface area (Å²) in [4.78, 5) is 8.49. The molecular formula is C14H22N4O4S. The van der Waals surface area contributed by atoms with Gasteiger partial charge in [0.25, 0.3) is 10.2 Å². The molecule has 1 atom stereocenters. The van der Waals surface area contributed by atoms with Crippen LogP contribution in [0.15, 0.2) is 6.07 Å². The average molecular weight is 342 g/mol. The Hall–Kier alpha value is -1.29. The van der Waals surface area contributed by atoms with Gasteiger partial charge in [-0.3, -0.25) is 0 Å². The molecule has 8 nitrogen and oxygen atoms in total. The van der Waals surface area contributed by atoms with Gasteiger partial charge in [0, 0.05) is 31.0 Å². The van der Waals surface area contributed by atoms with Crippen molar-refractivity contribution in [2.45, 2.75) is 26.4 Å². The molecule has 128 valence electrons. The summed E-state index contributed by atoms with van der Waals surface area (Å²) in [5.74, 6) is 0. The van der Waals surface area contributed by atoms with Crippen LogP contribution < -0.4 is 4.74 Å². The van der Waals surface area contributed by atoms with Gasteiger partial charge in [0.2, 0.25) is 0 Å². The van der Waals surface area contributed by atoms with Crippen LogP contribution in [0, 0.1) is 13.8 Å². The number of morpholine rings is 1. The molecule has 2 saturated heterocycles. The van der Waals surface area contributed by atoms with E-state index in [4.69, 9.17) is 9.47 Å². The Bertz CT molecular complexity index is 640. The minimum Gasteiger partial charge on any atom is -0.459 e. The molecule has 3 heterocycles. The fourth-order valence-electron chi connectivity index (χ4n) is 2.84. The highest BCUT2D eigenvalue weighted by Gasteiger charge is 2.37. The normalized spacial score (nSPS) is 24.0. The molecular weight excluding hydrogens is 320 g/mol. The van der Waals surface area contributed by atoms with E-state index in [0.717, 1.165) is 11.4 Å². The summed E-state index contributed by atoms with van der Waals surface area (Å²) < 4.78 is 39.2. The quantitative estimate of drug-likeness (QED) is 0.773. The van der Waals surface area contributed by atoms with Crippen molar-refractivity contribution in [3.05, 3.63) is 17.5 Å². The molecule has 1 unspecified atom stereocenters. The molecule has 2 aliphatic rings. The zero-order chi connectivity index (χ0) is 16.4. The van der Waals surface area contributed by atoms with Gasteiger partial charge in [0.1, 0.15) is 6.10 Å². The summed E-state index contributed by atoms with van der Waals surface area (Å²) in [6.07, 6.45) is 0.423. The number of aryl methyl sites for hydroxylation is 2. The van der Waals surface area contributed by atoms with Crippen LogP contribution >= 0.6 is 0 Å². The molecule has 0 saturated carbocycles. The maximum absolute atomic E-state index is 12.6. The smallest absolute Gasteiger partial charge is 0.317 e. The summed E-state index contributed by atoms with van der Waals surface area (Å²) in [6.45, 7) is 6.25. The van der Waals surface area contributed by atoms with Crippen LogP contribution in [-0.4, -0.2) is 72.5 Å². The molecule has 0 bridgehead atoms. The van der Waals surface area contributed by atoms with E-state index in [1.165, 1.54) is 8.61 Å². The third kappa shape index (κ3) is 3.79. The van der Waals surface area contributed by atoms with Gasteiger partial charge < -0.3 is 9.47 Å². The largest absolute Gasteiger partial charge is 0.459 e. The zero-order valence-corrected chi connectivity index (χ0v) is 14.3. The predicted octanol–water partition coefficient (Wildman–Crippen LogP) is 0.124. The summed E-state index contributed by atoms with van der Waals surface area (Å²) in [5.41, 5.74) is 1.67. The number of rotatable bonds is 4. The molecule has 1 aromatic rings. The molecule has 2 aliphatic heterocycles. The van der Waals surface area contributed by atoms with Gasteiger partial charge >= 0.3 is 6.01 Å². The van der Waals surface area contributed by atoms with E-state index in [1.54, 1.807) is 0 Å². The number of nitrogens with zero attached hydrogens (tertiary/aromatic N) is 4. The molecule has 0 spiro atoms. The molecule has 9 heteroatoms. The predicted molar refractivity (Wildman–Crippen MR) is 83.4 cm³/mol. The first-order valence-corrected chi connectivity index (χ1v) is 9.17. The number of hydrogen-bond acceptors (Lipinski definition) is 6. The fraction of sp³-hybridized carbons (Fsp3) is 0.714. The lowest BCUT2D eigenvalue weighted by molar-refractivity contribution is 0.0703. The molecule has 0 aliphatic carbocycles. The molecule has 0 radical (unpaired) electrons. The molecule has 0 amide bonds. The van der Waals surface area contributed by atoms with Crippen LogP contribution in [0.4, 0.5) is 0 Å². The third-order valence-electron chi connectivity index (χ3n) is 3.96. The summed E-state index contributed by atoms with van der Waals surface area (Å²) in [6, 6.07) is 2.19. The van der Waals surface area contributed by atoms with Gasteiger partial charge in [-0.25, -0.2) is 9.97 Å². The minimum absolute atomic E-state index is 0.216. The number of hydrogen-bond donors (Lipinski definition) is 0. The molecule has 2 fully saturated rings. The third-order valence-corrected chi connectivity index (χ3v) is 5.97. The van der Waals surface area contributed by atoms with E-state index in [0.29, 0.717) is 51.8 Å². The van der Waals surface area contributed by atoms with Crippen LogP contribution in [0.1, 0.15) is 17.8 Å². The van der Waals surface area contributed by atoms with Crippen molar-refractivity contribution in [3.63, 3.8) is 0 Å². The Kier molecular flexibility index (Phi) is 4.81. The second kappa shape index (κ2) is 6.68. The van der Waals surface area contributed by atoms with E-state index in [2.05, 4.69) is 9.97 Å². The molecule has 0 aromatic carbocycles. The van der Waals surface area contributed by atoms with Crippen molar-refractivity contribution in [2.24, 2.45) is 0 Å². The second-order valence-corrected chi connectivity index (χ2v) is 7.77. The van der Waals surface area contributed by atoms with Gasteiger partial charge in [0.05, 0.1) is 19.8 Å². The SMILES string of the molecule is Cc1cc(C)nc(OC2CCN(S(=O)(=O)N3CCOCC3)C2)n1. The Morgan fingerprint density at radius 2 is 1.78 bits per heavy atom. The Morgan fingerprint density at radius 1 is 1.13 bits per heavy atom. The highest BCUT2D eigenvalue weighted by Crippen LogP contribution is 2.21. The van der Waals surface area contributed by atoms with Crippen molar-refractivity contribution in [2.75, 3.05) is 39.4 Å². The van der Waals surface area contributed by atoms with Crippen molar-refractivity contribution in [1.29, 1.82) is 0 Å². The lowest BCUT2D eigenvalue weighted by Gasteiger charge is -2.29. The topological polar surface area (TPSA) is 84.9 Å². The minimum atomic E-state index is -3.44. The van der Waals surface area contributed by atoms with E-state index in [1.807, 2.05) is 19.9 Å². The standard InChI is InChI=1S/C14H22N4O4S/c1-11-9-12(2)16-14(15-11)22-13-3-4-18(10-13)23(19,20)17-5-7-21-8-6-17/h9,13H,3-8,10H2,1-2H3. The van der Waals surface area contributed by atoms with Gasteiger partial charge in [-0.2, -0.15) is 17.0 Å². The first-order chi connectivity index (χ1) is 10.9. The summed E-state index contributed by atoms with van der Waals surface area (Å²) in [5, 5.41) is 0. The van der Waals surface area contributed by atoms with Crippen LogP contribution in [0.25, 0.3) is 0 Å². The van der Waals surface area contributed by atoms with E-state index in [9.17, 15) is 8.42 Å². The van der Waals surface area contributed by atoms with Crippen LogP contribution in [0.2, 0.25) is 0 Å². The second-order valence-electron chi connectivity index (χ2n) is 5.84. The number of ether oxygens (including phenoxy) is 2. The summed E-state index contributed by atoms with van der Waals surface area (Å²) in [7, 11) is -3.44. The highest BCUT2D eigenvalue weighted by atomic mass is 32.2. The molecule has 1 aromatic heterocycles. The van der Waals surface area contributed by atoms with Crippen molar-refractivity contribution >= 4 is 10.2 Å². The van der Waals surface area contributed by atoms with Crippen LogP contribution in [0.3, 0.4) is 0 Å². The molecule has 0 N–H and O–H groups in total. The lowest BCUT2D eigenvalue weighted by Crippen LogP contribution is -2.48. The average Bonchev–Trinajstić information content (AvgIpc) is 2.96. The Morgan fingerprint density at radius 3 is 2.43 bits per heavy atom. The highest BCUT2D eigenvalue weighted by molar-refractivity contribution is 7.86. The molecule has 3 rings (SSSR count). The maximum Gasteiger partial charge on any atom is 0.317 e. The Balaban J connectivity index is 1.63. The Labute approximate surface area is 136 Å². The zero-order valence-electron chi connectivity index (χ0n) is 13.4. The van der Waals surface area contributed by atoms with E-state index < -0.39 is 10.2 Å². The van der Waals surface area contributed by atoms with Gasteiger partial charge in [-0.05, 0) is 26.3 Å². The van der Waals surface area contributed by atoms with Gasteiger partial charge in [-0.15, -0.1) is 0 Å². The van der Waals surface area contributed by atoms with Gasteiger partial charge in [-0.1, -0.05) is 0 Å². The van der Waals surface area contributed by atoms with Crippen LogP contribution in [0.5, 0.6) is 6.01 Å². The van der Waals surface area contributed by atoms with Crippen LogP contribution in [-0.2, 0) is 14.9 Å². The monoisotopic (exact) mass is 342 g/mol. The molecule has 23 heavy (non-hydrogen) atoms. The van der Waals surface area contributed by atoms with Crippen molar-refractivity contribution in [1.82, 2.24) is 18.6 Å².